The van der Waals surface area contributed by atoms with Crippen LogP contribution in [0.25, 0.3) is 11.3 Å². The molecule has 1 aliphatic heterocycles. The maximum Gasteiger partial charge on any atom is 0.308 e. The smallest absolute Gasteiger partial charge is 0.308 e. The maximum absolute atomic E-state index is 13.6. The van der Waals surface area contributed by atoms with E-state index in [0.717, 1.165) is 11.1 Å². The first kappa shape index (κ1) is 44.0. The van der Waals surface area contributed by atoms with Crippen molar-refractivity contribution >= 4 is 11.8 Å². The molecule has 53 heavy (non-hydrogen) atoms. The normalized spacial score (nSPS) is 29.2. The third kappa shape index (κ3) is 12.9. The molecule has 14 nitrogen and oxygen atoms in total. The van der Waals surface area contributed by atoms with Crippen molar-refractivity contribution in [2.45, 2.75) is 117 Å². The van der Waals surface area contributed by atoms with Gasteiger partial charge in [-0.1, -0.05) is 43.7 Å². The summed E-state index contributed by atoms with van der Waals surface area (Å²) in [6.07, 6.45) is 4.75. The SMILES string of the molecule is CCO[C@@H](O[C@H]1[C@@H](CCn2cc(-c3cccnc3)nn2)C[C@@H](C)C(=O)/C=C/C(C)=C/[C@H](CO)[C@@H](CC)OC(=O)C[C@@H](O)[C@@H]1C)C(O)C([C@@H](C)O)N(C)C. The summed E-state index contributed by atoms with van der Waals surface area (Å²) in [5.41, 5.74) is 2.18. The van der Waals surface area contributed by atoms with Crippen molar-refractivity contribution in [1.29, 1.82) is 0 Å². The second kappa shape index (κ2) is 21.5. The number of ether oxygens (including phenoxy) is 3. The Hall–Kier alpha value is -3.37. The molecule has 4 N–H and O–H groups in total. The highest BCUT2D eigenvalue weighted by atomic mass is 16.7. The summed E-state index contributed by atoms with van der Waals surface area (Å²) in [5.74, 6) is -2.90. The number of esters is 1. The fraction of sp³-hybridized carbons (Fsp3) is 0.667. The lowest BCUT2D eigenvalue weighted by molar-refractivity contribution is -0.251. The summed E-state index contributed by atoms with van der Waals surface area (Å²) in [6.45, 7) is 10.9. The minimum absolute atomic E-state index is 0.122. The number of hydrogen-bond donors (Lipinski definition) is 4. The van der Waals surface area contributed by atoms with Gasteiger partial charge in [0.25, 0.3) is 0 Å². The molecule has 0 fully saturated rings. The van der Waals surface area contributed by atoms with Crippen LogP contribution in [0.4, 0.5) is 0 Å². The van der Waals surface area contributed by atoms with Gasteiger partial charge in [0.15, 0.2) is 12.1 Å². The maximum atomic E-state index is 13.6. The average Bonchev–Trinajstić information content (AvgIpc) is 3.60. The fourth-order valence-electron chi connectivity index (χ4n) is 7.04. The molecule has 14 heteroatoms. The number of allylic oxidation sites excluding steroid dienone is 3. The molecule has 11 atom stereocenters. The van der Waals surface area contributed by atoms with Crippen LogP contribution in [-0.4, -0.2) is 127 Å². The van der Waals surface area contributed by atoms with Crippen LogP contribution in [0.15, 0.2) is 54.5 Å². The van der Waals surface area contributed by atoms with Crippen molar-refractivity contribution in [3.05, 3.63) is 54.5 Å². The third-order valence-corrected chi connectivity index (χ3v) is 10.0. The largest absolute Gasteiger partial charge is 0.462 e. The van der Waals surface area contributed by atoms with Gasteiger partial charge in [-0.3, -0.25) is 19.3 Å². The minimum Gasteiger partial charge on any atom is -0.462 e. The molecule has 0 aliphatic carbocycles. The molecular formula is C39H61N5O9. The van der Waals surface area contributed by atoms with Gasteiger partial charge < -0.3 is 39.5 Å². The zero-order valence-corrected chi connectivity index (χ0v) is 32.5. The van der Waals surface area contributed by atoms with E-state index in [0.29, 0.717) is 31.5 Å². The first-order chi connectivity index (χ1) is 25.2. The third-order valence-electron chi connectivity index (χ3n) is 10.0. The Balaban J connectivity index is 2.10. The van der Waals surface area contributed by atoms with Gasteiger partial charge in [0, 0.05) is 48.9 Å². The summed E-state index contributed by atoms with van der Waals surface area (Å²) in [7, 11) is 3.47. The van der Waals surface area contributed by atoms with E-state index in [4.69, 9.17) is 14.2 Å². The van der Waals surface area contributed by atoms with Crippen LogP contribution >= 0.6 is 0 Å². The van der Waals surface area contributed by atoms with E-state index >= 15 is 0 Å². The van der Waals surface area contributed by atoms with E-state index in [-0.39, 0.29) is 25.4 Å². The van der Waals surface area contributed by atoms with Gasteiger partial charge in [-0.25, -0.2) is 0 Å². The van der Waals surface area contributed by atoms with Crippen molar-refractivity contribution in [3.63, 3.8) is 0 Å². The minimum atomic E-state index is -1.31. The van der Waals surface area contributed by atoms with E-state index in [9.17, 15) is 30.0 Å². The van der Waals surface area contributed by atoms with Crippen molar-refractivity contribution in [2.24, 2.45) is 23.7 Å². The molecule has 2 aromatic rings. The lowest BCUT2D eigenvalue weighted by Gasteiger charge is -2.41. The van der Waals surface area contributed by atoms with Gasteiger partial charge in [-0.05, 0) is 78.3 Å². The van der Waals surface area contributed by atoms with Crippen molar-refractivity contribution in [3.8, 4) is 11.3 Å². The van der Waals surface area contributed by atoms with Gasteiger partial charge in [0.1, 0.15) is 17.9 Å². The number of aliphatic hydroxyl groups excluding tert-OH is 4. The van der Waals surface area contributed by atoms with Gasteiger partial charge in [0.05, 0.1) is 43.6 Å². The summed E-state index contributed by atoms with van der Waals surface area (Å²) in [4.78, 5) is 32.8. The highest BCUT2D eigenvalue weighted by Gasteiger charge is 2.41. The summed E-state index contributed by atoms with van der Waals surface area (Å²) >= 11 is 0. The Kier molecular flexibility index (Phi) is 17.9. The molecule has 0 bridgehead atoms. The monoisotopic (exact) mass is 743 g/mol. The Morgan fingerprint density at radius 1 is 1.15 bits per heavy atom. The second-order valence-corrected chi connectivity index (χ2v) is 14.5. The average molecular weight is 744 g/mol. The number of nitrogens with zero attached hydrogens (tertiary/aromatic N) is 5. The molecule has 1 aliphatic rings. The van der Waals surface area contributed by atoms with Crippen LogP contribution in [0.1, 0.15) is 67.2 Å². The lowest BCUT2D eigenvalue weighted by atomic mass is 9.79. The first-order valence-electron chi connectivity index (χ1n) is 18.7. The molecule has 0 saturated heterocycles. The van der Waals surface area contributed by atoms with E-state index in [1.807, 2.05) is 39.1 Å². The standard InChI is InChI=1S/C39H61N5O9/c1-9-34-30(23-45)18-24(3)13-14-32(47)25(4)19-28(15-17-44-22-31(41-42-44)29-12-11-16-40-21-29)38(26(5)33(48)20-35(49)52-34)53-39(51-10-2)37(50)36(27(6)46)43(7)8/h11-14,16,18,21-22,25-28,30,33-34,36-39,45-46,48,50H,9-10,15,17,19-20,23H2,1-8H3/b14-13+,24-18+/t25-,26+,27-,28+,30-,33-,34-,36?,37?,38-,39+/m1/s1. The molecule has 2 aromatic heterocycles. The highest BCUT2D eigenvalue weighted by molar-refractivity contribution is 5.91. The van der Waals surface area contributed by atoms with E-state index in [1.165, 1.54) is 6.08 Å². The molecule has 0 aromatic carbocycles. The molecular weight excluding hydrogens is 682 g/mol. The fourth-order valence-corrected chi connectivity index (χ4v) is 7.04. The molecule has 3 rings (SSSR count). The zero-order chi connectivity index (χ0) is 39.2. The number of carbonyl (C=O) groups excluding carboxylic acids is 2. The van der Waals surface area contributed by atoms with Crippen molar-refractivity contribution < 1.29 is 44.2 Å². The molecule has 296 valence electrons. The Bertz CT molecular complexity index is 1460. The van der Waals surface area contributed by atoms with Crippen molar-refractivity contribution in [1.82, 2.24) is 24.9 Å². The number of aromatic nitrogens is 4. The van der Waals surface area contributed by atoms with Crippen molar-refractivity contribution in [2.75, 3.05) is 27.3 Å². The number of aliphatic hydroxyl groups is 4. The predicted octanol–water partition coefficient (Wildman–Crippen LogP) is 3.19. The number of aryl methyl sites for hydroxylation is 1. The topological polar surface area (TPSA) is 190 Å². The van der Waals surface area contributed by atoms with Crippen LogP contribution in [0.3, 0.4) is 0 Å². The molecule has 2 unspecified atom stereocenters. The molecule has 3 heterocycles. The van der Waals surface area contributed by atoms with E-state index in [2.05, 4.69) is 15.3 Å². The van der Waals surface area contributed by atoms with Crippen LogP contribution in [0.2, 0.25) is 0 Å². The molecule has 0 radical (unpaired) electrons. The van der Waals surface area contributed by atoms with Gasteiger partial charge in [0.2, 0.25) is 0 Å². The van der Waals surface area contributed by atoms with Crippen LogP contribution in [0, 0.1) is 23.7 Å². The van der Waals surface area contributed by atoms with E-state index in [1.54, 1.807) is 69.0 Å². The number of pyridine rings is 1. The second-order valence-electron chi connectivity index (χ2n) is 14.5. The van der Waals surface area contributed by atoms with Gasteiger partial charge in [-0.2, -0.15) is 0 Å². The molecule has 0 spiro atoms. The first-order valence-corrected chi connectivity index (χ1v) is 18.7. The van der Waals surface area contributed by atoms with Gasteiger partial charge >= 0.3 is 5.97 Å². The number of hydrogen-bond acceptors (Lipinski definition) is 13. The number of likely N-dealkylation sites (N-methyl/N-ethyl adjacent to an activating group) is 1. The summed E-state index contributed by atoms with van der Waals surface area (Å²) < 4.78 is 20.2. The van der Waals surface area contributed by atoms with Crippen LogP contribution < -0.4 is 0 Å². The summed E-state index contributed by atoms with van der Waals surface area (Å²) in [6, 6.07) is 2.94. The zero-order valence-electron chi connectivity index (χ0n) is 32.5. The molecule has 0 amide bonds. The number of carbonyl (C=O) groups is 2. The Labute approximate surface area is 313 Å². The Morgan fingerprint density at radius 2 is 1.89 bits per heavy atom. The number of cyclic esters (lactones) is 1. The van der Waals surface area contributed by atoms with Gasteiger partial charge in [-0.15, -0.1) is 5.10 Å². The lowest BCUT2D eigenvalue weighted by Crippen LogP contribution is -2.54. The predicted molar refractivity (Wildman–Crippen MR) is 199 cm³/mol. The quantitative estimate of drug-likeness (QED) is 0.163. The van der Waals surface area contributed by atoms with Crippen LogP contribution in [-0.2, 0) is 30.3 Å². The number of ketones is 1. The molecule has 0 saturated carbocycles. The van der Waals surface area contributed by atoms with Crippen LogP contribution in [0.5, 0.6) is 0 Å². The van der Waals surface area contributed by atoms with E-state index < -0.39 is 72.5 Å². The highest BCUT2D eigenvalue weighted by Crippen LogP contribution is 2.33. The summed E-state index contributed by atoms with van der Waals surface area (Å²) in [5, 5.41) is 52.7. The number of rotatable bonds is 14. The Morgan fingerprint density at radius 3 is 2.49 bits per heavy atom.